The summed E-state index contributed by atoms with van der Waals surface area (Å²) in [4.78, 5) is 20.6. The molecule has 0 bridgehead atoms. The molecule has 10 aromatic rings. The number of fused-ring (bicyclic) bond motifs is 10. The Kier molecular flexibility index (Phi) is 5.98. The first-order valence-corrected chi connectivity index (χ1v) is 16.7. The smallest absolute Gasteiger partial charge is 0.164 e. The third-order valence-electron chi connectivity index (χ3n) is 9.10. The van der Waals surface area contributed by atoms with E-state index in [0.717, 1.165) is 27.2 Å². The van der Waals surface area contributed by atoms with Gasteiger partial charge in [0.05, 0.1) is 15.7 Å². The maximum Gasteiger partial charge on any atom is 0.164 e. The summed E-state index contributed by atoms with van der Waals surface area (Å²) in [6.07, 6.45) is 1.89. The lowest BCUT2D eigenvalue weighted by Crippen LogP contribution is -2.00. The lowest BCUT2D eigenvalue weighted by Gasteiger charge is -2.12. The fourth-order valence-corrected chi connectivity index (χ4v) is 8.18. The number of aromatic nitrogens is 5. The maximum absolute atomic E-state index is 4.96. The van der Waals surface area contributed by atoms with Crippen LogP contribution in [0.15, 0.2) is 152 Å². The summed E-state index contributed by atoms with van der Waals surface area (Å²) >= 11 is 1.77. The van der Waals surface area contributed by atoms with E-state index < -0.39 is 0 Å². The molecule has 224 valence electrons. The Hall–Kier alpha value is -6.24. The van der Waals surface area contributed by atoms with Crippen molar-refractivity contribution in [1.82, 2.24) is 24.5 Å². The minimum atomic E-state index is 0.639. The predicted octanol–water partition coefficient (Wildman–Crippen LogP) is 10.9. The molecule has 0 N–H and O–H groups in total. The third-order valence-corrected chi connectivity index (χ3v) is 10.2. The largest absolute Gasteiger partial charge is 0.308 e. The molecule has 0 radical (unpaired) electrons. The first-order chi connectivity index (χ1) is 23.8. The Morgan fingerprint density at radius 1 is 0.438 bits per heavy atom. The van der Waals surface area contributed by atoms with E-state index in [0.29, 0.717) is 17.5 Å². The van der Waals surface area contributed by atoms with Crippen LogP contribution in [0.2, 0.25) is 0 Å². The number of para-hydroxylation sites is 1. The van der Waals surface area contributed by atoms with Gasteiger partial charge in [-0.1, -0.05) is 103 Å². The van der Waals surface area contributed by atoms with Gasteiger partial charge in [0, 0.05) is 50.1 Å². The summed E-state index contributed by atoms with van der Waals surface area (Å²) in [6, 6.07) is 50.5. The Morgan fingerprint density at radius 3 is 1.60 bits per heavy atom. The summed E-state index contributed by atoms with van der Waals surface area (Å²) in [5.41, 5.74) is 6.29. The van der Waals surface area contributed by atoms with Crippen LogP contribution in [0.25, 0.3) is 92.7 Å². The lowest BCUT2D eigenvalue weighted by atomic mass is 9.99. The second-order valence-electron chi connectivity index (χ2n) is 11.9. The molecule has 0 atom stereocenters. The van der Waals surface area contributed by atoms with Crippen molar-refractivity contribution >= 4 is 64.2 Å². The Labute approximate surface area is 279 Å². The highest BCUT2D eigenvalue weighted by molar-refractivity contribution is 7.26. The molecule has 6 heteroatoms. The fraction of sp³-hybridized carbons (Fsp3) is 0. The first-order valence-electron chi connectivity index (χ1n) is 15.9. The van der Waals surface area contributed by atoms with Gasteiger partial charge in [-0.15, -0.1) is 11.3 Å². The zero-order valence-corrected chi connectivity index (χ0v) is 26.4. The van der Waals surface area contributed by atoms with E-state index >= 15 is 0 Å². The molecule has 0 saturated carbocycles. The number of thiophene rings is 1. The van der Waals surface area contributed by atoms with Crippen LogP contribution in [-0.4, -0.2) is 24.5 Å². The number of benzene rings is 6. The number of hydrogen-bond donors (Lipinski definition) is 0. The number of nitrogens with zero attached hydrogens (tertiary/aromatic N) is 5. The minimum absolute atomic E-state index is 0.639. The normalized spacial score (nSPS) is 11.8. The summed E-state index contributed by atoms with van der Waals surface area (Å²) < 4.78 is 3.66. The zero-order valence-electron chi connectivity index (χ0n) is 25.6. The molecule has 0 spiro atoms. The van der Waals surface area contributed by atoms with Crippen LogP contribution in [0.4, 0.5) is 0 Å². The van der Waals surface area contributed by atoms with Crippen molar-refractivity contribution in [1.29, 1.82) is 0 Å². The van der Waals surface area contributed by atoms with Crippen molar-refractivity contribution < 1.29 is 0 Å². The average molecular weight is 632 g/mol. The molecule has 0 aliphatic heterocycles. The van der Waals surface area contributed by atoms with Gasteiger partial charge in [0.25, 0.3) is 0 Å². The SMILES string of the molecule is c1ccc(-c2nc(-c3ccccc3)nc(-c3ccc(-n4c5ccccc5c5c6ccccc6c6c7cccnc7sc6c54)cc3)n2)cc1. The second-order valence-corrected chi connectivity index (χ2v) is 12.9. The van der Waals surface area contributed by atoms with Gasteiger partial charge in [-0.25, -0.2) is 19.9 Å². The van der Waals surface area contributed by atoms with Crippen LogP contribution in [0, 0.1) is 0 Å². The summed E-state index contributed by atoms with van der Waals surface area (Å²) in [6.45, 7) is 0. The van der Waals surface area contributed by atoms with Gasteiger partial charge in [0.2, 0.25) is 0 Å². The van der Waals surface area contributed by atoms with Crippen molar-refractivity contribution in [2.45, 2.75) is 0 Å². The molecular weight excluding hydrogens is 607 g/mol. The quantitative estimate of drug-likeness (QED) is 0.194. The van der Waals surface area contributed by atoms with E-state index in [2.05, 4.69) is 83.4 Å². The molecule has 4 heterocycles. The van der Waals surface area contributed by atoms with Gasteiger partial charge in [0.1, 0.15) is 4.83 Å². The molecule has 5 nitrogen and oxygen atoms in total. The molecule has 48 heavy (non-hydrogen) atoms. The average Bonchev–Trinajstić information content (AvgIpc) is 3.73. The van der Waals surface area contributed by atoms with Gasteiger partial charge in [-0.05, 0) is 53.2 Å². The van der Waals surface area contributed by atoms with Crippen molar-refractivity contribution in [3.8, 4) is 39.9 Å². The third kappa shape index (κ3) is 4.10. The van der Waals surface area contributed by atoms with E-state index in [1.807, 2.05) is 72.9 Å². The molecular formula is C42H25N5S. The summed E-state index contributed by atoms with van der Waals surface area (Å²) in [7, 11) is 0. The molecule has 0 amide bonds. The van der Waals surface area contributed by atoms with E-state index in [-0.39, 0.29) is 0 Å². The summed E-state index contributed by atoms with van der Waals surface area (Å²) in [5, 5.41) is 7.47. The standard InChI is InChI=1S/C42H25N5S/c1-3-12-26(13-4-1)39-44-40(27-14-5-2-6-15-27)46-41(45-39)28-21-23-29(24-22-28)47-34-20-10-9-18-32(34)35-30-16-7-8-17-31(30)36-33-19-11-25-43-42(33)48-38(36)37(35)47/h1-25H. The van der Waals surface area contributed by atoms with Crippen LogP contribution in [0.1, 0.15) is 0 Å². The molecule has 4 aromatic heterocycles. The number of hydrogen-bond acceptors (Lipinski definition) is 5. The predicted molar refractivity (Wildman–Crippen MR) is 199 cm³/mol. The van der Waals surface area contributed by atoms with Crippen LogP contribution >= 0.6 is 11.3 Å². The van der Waals surface area contributed by atoms with Gasteiger partial charge < -0.3 is 4.57 Å². The van der Waals surface area contributed by atoms with Crippen molar-refractivity contribution in [2.75, 3.05) is 0 Å². The summed E-state index contributed by atoms with van der Waals surface area (Å²) in [5.74, 6) is 1.94. The highest BCUT2D eigenvalue weighted by Crippen LogP contribution is 2.47. The highest BCUT2D eigenvalue weighted by Gasteiger charge is 2.22. The Bertz CT molecular complexity index is 2760. The highest BCUT2D eigenvalue weighted by atomic mass is 32.1. The van der Waals surface area contributed by atoms with Crippen LogP contribution in [0.3, 0.4) is 0 Å². The zero-order chi connectivity index (χ0) is 31.6. The second kappa shape index (κ2) is 10.7. The monoisotopic (exact) mass is 631 g/mol. The fourth-order valence-electron chi connectivity index (χ4n) is 6.98. The van der Waals surface area contributed by atoms with Crippen LogP contribution in [0.5, 0.6) is 0 Å². The van der Waals surface area contributed by atoms with E-state index in [9.17, 15) is 0 Å². The van der Waals surface area contributed by atoms with Gasteiger partial charge in [0.15, 0.2) is 17.5 Å². The number of rotatable bonds is 4. The minimum Gasteiger partial charge on any atom is -0.308 e. The van der Waals surface area contributed by atoms with Crippen LogP contribution in [-0.2, 0) is 0 Å². The van der Waals surface area contributed by atoms with E-state index in [1.165, 1.54) is 48.1 Å². The maximum atomic E-state index is 4.96. The van der Waals surface area contributed by atoms with Gasteiger partial charge in [-0.3, -0.25) is 0 Å². The first kappa shape index (κ1) is 26.9. The van der Waals surface area contributed by atoms with Crippen molar-refractivity contribution in [2.24, 2.45) is 0 Å². The molecule has 6 aromatic carbocycles. The van der Waals surface area contributed by atoms with Gasteiger partial charge >= 0.3 is 0 Å². The van der Waals surface area contributed by atoms with Crippen LogP contribution < -0.4 is 0 Å². The molecule has 10 rings (SSSR count). The molecule has 0 saturated heterocycles. The molecule has 0 unspecified atom stereocenters. The lowest BCUT2D eigenvalue weighted by molar-refractivity contribution is 1.07. The molecule has 0 fully saturated rings. The molecule has 0 aliphatic carbocycles. The van der Waals surface area contributed by atoms with Crippen molar-refractivity contribution in [3.05, 3.63) is 152 Å². The topological polar surface area (TPSA) is 56.5 Å². The van der Waals surface area contributed by atoms with E-state index in [1.54, 1.807) is 11.3 Å². The Morgan fingerprint density at radius 2 is 0.958 bits per heavy atom. The van der Waals surface area contributed by atoms with Crippen molar-refractivity contribution in [3.63, 3.8) is 0 Å². The Balaban J connectivity index is 1.21. The molecule has 0 aliphatic rings. The van der Waals surface area contributed by atoms with Gasteiger partial charge in [-0.2, -0.15) is 0 Å². The number of pyridine rings is 1. The van der Waals surface area contributed by atoms with E-state index in [4.69, 9.17) is 19.9 Å².